The third kappa shape index (κ3) is 4.42. The molecule has 1 aliphatic rings. The third-order valence-electron chi connectivity index (χ3n) is 5.18. The van der Waals surface area contributed by atoms with E-state index in [0.717, 1.165) is 23.1 Å². The Labute approximate surface area is 161 Å². The van der Waals surface area contributed by atoms with Crippen LogP contribution in [0.25, 0.3) is 0 Å². The molecule has 2 aromatic rings. The van der Waals surface area contributed by atoms with E-state index in [1.54, 1.807) is 24.3 Å². The Morgan fingerprint density at radius 2 is 1.70 bits per heavy atom. The van der Waals surface area contributed by atoms with Crippen molar-refractivity contribution < 1.29 is 16.8 Å². The van der Waals surface area contributed by atoms with Gasteiger partial charge in [0.25, 0.3) is 0 Å². The van der Waals surface area contributed by atoms with Crippen LogP contribution in [0.4, 0.5) is 0 Å². The van der Waals surface area contributed by atoms with E-state index in [-0.39, 0.29) is 16.4 Å². The summed E-state index contributed by atoms with van der Waals surface area (Å²) in [5.41, 5.74) is 3.16. The molecule has 0 aromatic heterocycles. The first kappa shape index (κ1) is 20.0. The second kappa shape index (κ2) is 7.73. The van der Waals surface area contributed by atoms with Crippen molar-refractivity contribution in [1.82, 2.24) is 5.32 Å². The van der Waals surface area contributed by atoms with Gasteiger partial charge in [-0.2, -0.15) is 0 Å². The van der Waals surface area contributed by atoms with Crippen LogP contribution >= 0.6 is 0 Å². The fraction of sp³-hybridized carbons (Fsp3) is 0.400. The summed E-state index contributed by atoms with van der Waals surface area (Å²) in [7, 11) is -7.14. The van der Waals surface area contributed by atoms with Crippen LogP contribution in [0.1, 0.15) is 23.6 Å². The van der Waals surface area contributed by atoms with Gasteiger partial charge in [0.2, 0.25) is 0 Å². The standard InChI is InChI=1S/C20H25NO4S2/c1-3-16-8-10-18(11-9-16)27(24,25)20-14-26(22,23)13-19(20)21-12-17-7-5-4-6-15(17)2/h4-11,19-21H,3,12-14H2,1-2H3/t19-,20+/m0/s1. The lowest BCUT2D eigenvalue weighted by Crippen LogP contribution is -2.43. The molecule has 0 amide bonds. The summed E-state index contributed by atoms with van der Waals surface area (Å²) < 4.78 is 50.6. The van der Waals surface area contributed by atoms with Gasteiger partial charge in [0.15, 0.2) is 19.7 Å². The first-order valence-electron chi connectivity index (χ1n) is 9.04. The highest BCUT2D eigenvalue weighted by molar-refractivity contribution is 7.96. The molecule has 1 heterocycles. The van der Waals surface area contributed by atoms with E-state index in [1.807, 2.05) is 38.1 Å². The predicted molar refractivity (Wildman–Crippen MR) is 107 cm³/mol. The Bertz CT molecular complexity index is 1010. The van der Waals surface area contributed by atoms with E-state index in [9.17, 15) is 16.8 Å². The summed E-state index contributed by atoms with van der Waals surface area (Å²) in [4.78, 5) is 0.185. The molecule has 0 unspecified atom stereocenters. The Kier molecular flexibility index (Phi) is 5.74. The minimum Gasteiger partial charge on any atom is -0.308 e. The van der Waals surface area contributed by atoms with E-state index >= 15 is 0 Å². The number of hydrogen-bond acceptors (Lipinski definition) is 5. The van der Waals surface area contributed by atoms with E-state index in [1.165, 1.54) is 0 Å². The van der Waals surface area contributed by atoms with Gasteiger partial charge >= 0.3 is 0 Å². The van der Waals surface area contributed by atoms with Crippen LogP contribution in [-0.4, -0.2) is 39.6 Å². The van der Waals surface area contributed by atoms with Crippen molar-refractivity contribution in [2.45, 2.75) is 43.0 Å². The summed E-state index contributed by atoms with van der Waals surface area (Å²) in [6.07, 6.45) is 0.818. The van der Waals surface area contributed by atoms with Gasteiger partial charge in [0.05, 0.1) is 21.7 Å². The predicted octanol–water partition coefficient (Wildman–Crippen LogP) is 2.29. The van der Waals surface area contributed by atoms with Crippen molar-refractivity contribution >= 4 is 19.7 Å². The number of nitrogens with one attached hydrogen (secondary N) is 1. The first-order valence-corrected chi connectivity index (χ1v) is 12.4. The van der Waals surface area contributed by atoms with Gasteiger partial charge in [-0.25, -0.2) is 16.8 Å². The van der Waals surface area contributed by atoms with Crippen molar-refractivity contribution in [2.24, 2.45) is 0 Å². The van der Waals surface area contributed by atoms with Crippen LogP contribution in [-0.2, 0) is 32.6 Å². The van der Waals surface area contributed by atoms with E-state index in [2.05, 4.69) is 5.32 Å². The largest absolute Gasteiger partial charge is 0.308 e. The summed E-state index contributed by atoms with van der Waals surface area (Å²) in [5, 5.41) is 2.21. The average molecular weight is 408 g/mol. The van der Waals surface area contributed by atoms with Gasteiger partial charge in [-0.1, -0.05) is 43.3 Å². The Hall–Kier alpha value is -1.70. The number of benzene rings is 2. The maximum atomic E-state index is 13.1. The zero-order valence-corrected chi connectivity index (χ0v) is 17.2. The molecule has 0 bridgehead atoms. The Morgan fingerprint density at radius 1 is 1.04 bits per heavy atom. The van der Waals surface area contributed by atoms with Crippen LogP contribution in [0.2, 0.25) is 0 Å². The fourth-order valence-corrected chi connectivity index (χ4v) is 8.17. The quantitative estimate of drug-likeness (QED) is 0.795. The number of hydrogen-bond donors (Lipinski definition) is 1. The molecule has 146 valence electrons. The molecular formula is C20H25NO4S2. The lowest BCUT2D eigenvalue weighted by Gasteiger charge is -2.20. The molecule has 1 aliphatic heterocycles. The van der Waals surface area contributed by atoms with Gasteiger partial charge in [0.1, 0.15) is 0 Å². The van der Waals surface area contributed by atoms with Gasteiger partial charge in [-0.05, 0) is 42.2 Å². The third-order valence-corrected chi connectivity index (χ3v) is 9.34. The smallest absolute Gasteiger partial charge is 0.183 e. The average Bonchev–Trinajstić information content (AvgIpc) is 2.96. The van der Waals surface area contributed by atoms with E-state index in [0.29, 0.717) is 6.54 Å². The molecule has 5 nitrogen and oxygen atoms in total. The zero-order chi connectivity index (χ0) is 19.7. The number of aryl methyl sites for hydroxylation is 2. The van der Waals surface area contributed by atoms with Gasteiger partial charge < -0.3 is 5.32 Å². The maximum absolute atomic E-state index is 13.1. The molecule has 7 heteroatoms. The second-order valence-corrected chi connectivity index (χ2v) is 11.4. The van der Waals surface area contributed by atoms with E-state index < -0.39 is 31.0 Å². The SMILES string of the molecule is CCc1ccc(S(=O)(=O)[C@@H]2CS(=O)(=O)C[C@@H]2NCc2ccccc2C)cc1. The molecule has 0 radical (unpaired) electrons. The summed E-state index contributed by atoms with van der Waals surface area (Å²) in [6.45, 7) is 4.41. The molecular weight excluding hydrogens is 382 g/mol. The zero-order valence-electron chi connectivity index (χ0n) is 15.6. The lowest BCUT2D eigenvalue weighted by molar-refractivity contribution is 0.525. The summed E-state index contributed by atoms with van der Waals surface area (Å²) in [6, 6.07) is 13.9. The molecule has 0 saturated carbocycles. The molecule has 0 spiro atoms. The molecule has 2 atom stereocenters. The Morgan fingerprint density at radius 3 is 2.33 bits per heavy atom. The number of rotatable bonds is 6. The fourth-order valence-electron chi connectivity index (χ4n) is 3.45. The first-order chi connectivity index (χ1) is 12.7. The summed E-state index contributed by atoms with van der Waals surface area (Å²) >= 11 is 0. The van der Waals surface area contributed by atoms with Gasteiger partial charge in [0, 0.05) is 12.6 Å². The number of sulfone groups is 2. The van der Waals surface area contributed by atoms with Crippen LogP contribution in [0.3, 0.4) is 0 Å². The highest BCUT2D eigenvalue weighted by Crippen LogP contribution is 2.26. The molecule has 1 saturated heterocycles. The minimum absolute atomic E-state index is 0.157. The molecule has 2 aromatic carbocycles. The Balaban J connectivity index is 1.85. The lowest BCUT2D eigenvalue weighted by atomic mass is 10.1. The summed E-state index contributed by atoms with van der Waals surface area (Å²) in [5.74, 6) is -0.494. The van der Waals surface area contributed by atoms with Gasteiger partial charge in [-0.15, -0.1) is 0 Å². The van der Waals surface area contributed by atoms with Crippen molar-refractivity contribution in [2.75, 3.05) is 11.5 Å². The van der Waals surface area contributed by atoms with Crippen molar-refractivity contribution in [3.8, 4) is 0 Å². The monoisotopic (exact) mass is 407 g/mol. The molecule has 1 fully saturated rings. The van der Waals surface area contributed by atoms with Crippen LogP contribution < -0.4 is 5.32 Å². The second-order valence-electron chi connectivity index (χ2n) is 7.07. The van der Waals surface area contributed by atoms with Gasteiger partial charge in [-0.3, -0.25) is 0 Å². The topological polar surface area (TPSA) is 80.3 Å². The minimum atomic E-state index is -3.74. The molecule has 3 rings (SSSR count). The van der Waals surface area contributed by atoms with Crippen molar-refractivity contribution in [3.63, 3.8) is 0 Å². The molecule has 1 N–H and O–H groups in total. The normalized spacial score (nSPS) is 22.0. The molecule has 27 heavy (non-hydrogen) atoms. The van der Waals surface area contributed by atoms with Crippen molar-refractivity contribution in [1.29, 1.82) is 0 Å². The van der Waals surface area contributed by atoms with Crippen LogP contribution in [0.5, 0.6) is 0 Å². The van der Waals surface area contributed by atoms with Crippen molar-refractivity contribution in [3.05, 3.63) is 65.2 Å². The van der Waals surface area contributed by atoms with Crippen LogP contribution in [0, 0.1) is 6.92 Å². The maximum Gasteiger partial charge on any atom is 0.183 e. The van der Waals surface area contributed by atoms with E-state index in [4.69, 9.17) is 0 Å². The molecule has 0 aliphatic carbocycles. The van der Waals surface area contributed by atoms with Crippen LogP contribution in [0.15, 0.2) is 53.4 Å². The highest BCUT2D eigenvalue weighted by atomic mass is 32.2. The highest BCUT2D eigenvalue weighted by Gasteiger charge is 2.45.